The molecule has 2 saturated heterocycles. The molecule has 3 N–H and O–H groups in total. The van der Waals surface area contributed by atoms with Crippen LogP contribution >= 0.6 is 0 Å². The van der Waals surface area contributed by atoms with E-state index in [1.54, 1.807) is 0 Å². The second-order valence-electron chi connectivity index (χ2n) is 16.5. The molecule has 2 aliphatic heterocycles. The molecule has 0 bridgehead atoms. The van der Waals surface area contributed by atoms with Gasteiger partial charge < -0.3 is 59.2 Å². The Morgan fingerprint density at radius 3 is 1.22 bits per heavy atom. The van der Waals surface area contributed by atoms with Gasteiger partial charge in [-0.15, -0.1) is 0 Å². The summed E-state index contributed by atoms with van der Waals surface area (Å²) in [5, 5.41) is 15.8. The second kappa shape index (κ2) is 37.1. The number of carbonyl (C=O) groups excluding carboxylic acids is 4. The van der Waals surface area contributed by atoms with Gasteiger partial charge in [0.2, 0.25) is 0 Å². The van der Waals surface area contributed by atoms with Crippen LogP contribution in [0, 0.1) is 0 Å². The fourth-order valence-corrected chi connectivity index (χ4v) is 7.06. The molecule has 350 valence electrons. The molecule has 2 aliphatic rings. The highest BCUT2D eigenvalue weighted by atomic mass is 16.5. The lowest BCUT2D eigenvalue weighted by atomic mass is 10.2. The zero-order chi connectivity index (χ0) is 43.3. The van der Waals surface area contributed by atoms with Crippen molar-refractivity contribution < 1.29 is 43.2 Å². The first kappa shape index (κ1) is 53.7. The van der Waals surface area contributed by atoms with Crippen LogP contribution in [0.2, 0.25) is 0 Å². The van der Waals surface area contributed by atoms with Crippen LogP contribution in [0.15, 0.2) is 0 Å². The number of carbonyl (C=O) groups is 4. The van der Waals surface area contributed by atoms with E-state index in [4.69, 9.17) is 24.1 Å². The maximum absolute atomic E-state index is 12.5. The van der Waals surface area contributed by atoms with E-state index < -0.39 is 0 Å². The van der Waals surface area contributed by atoms with E-state index in [9.17, 15) is 19.2 Å². The van der Waals surface area contributed by atoms with Crippen molar-refractivity contribution in [3.05, 3.63) is 0 Å². The van der Waals surface area contributed by atoms with Gasteiger partial charge >= 0.3 is 23.9 Å². The molecule has 16 heteroatoms. The summed E-state index contributed by atoms with van der Waals surface area (Å²) in [5.41, 5.74) is 0. The predicted molar refractivity (Wildman–Crippen MR) is 235 cm³/mol. The lowest BCUT2D eigenvalue weighted by Gasteiger charge is -2.32. The van der Waals surface area contributed by atoms with E-state index in [0.717, 1.165) is 149 Å². The molecule has 0 spiro atoms. The number of rotatable bonds is 38. The van der Waals surface area contributed by atoms with Gasteiger partial charge in [-0.25, -0.2) is 0 Å². The zero-order valence-electron chi connectivity index (χ0n) is 37.8. The first-order valence-electron chi connectivity index (χ1n) is 23.4. The molecule has 0 atom stereocenters. The first-order valence-corrected chi connectivity index (χ1v) is 23.4. The highest BCUT2D eigenvalue weighted by Gasteiger charge is 2.15. The topological polar surface area (TPSA) is 166 Å². The summed E-state index contributed by atoms with van der Waals surface area (Å²) in [6, 6.07) is 0. The van der Waals surface area contributed by atoms with E-state index in [2.05, 4.69) is 49.2 Å². The van der Waals surface area contributed by atoms with Gasteiger partial charge in [-0.1, -0.05) is 12.8 Å². The van der Waals surface area contributed by atoms with Crippen molar-refractivity contribution >= 4 is 23.9 Å². The third-order valence-corrected chi connectivity index (χ3v) is 11.1. The Labute approximate surface area is 362 Å². The first-order chi connectivity index (χ1) is 29.2. The molecule has 2 heterocycles. The molecule has 16 nitrogen and oxygen atoms in total. The Balaban J connectivity index is 1.43. The van der Waals surface area contributed by atoms with Gasteiger partial charge in [0.05, 0.1) is 52.1 Å². The number of unbranched alkanes of at least 4 members (excludes halogenated alkanes) is 7. The minimum absolute atomic E-state index is 0.184. The van der Waals surface area contributed by atoms with Crippen molar-refractivity contribution in [1.82, 2.24) is 35.1 Å². The predicted octanol–water partition coefficient (Wildman–Crippen LogP) is 2.37. The van der Waals surface area contributed by atoms with Crippen LogP contribution in [0.25, 0.3) is 0 Å². The molecule has 0 amide bonds. The van der Waals surface area contributed by atoms with Crippen LogP contribution in [0.3, 0.4) is 0 Å². The Kier molecular flexibility index (Phi) is 33.2. The van der Waals surface area contributed by atoms with Crippen LogP contribution < -0.4 is 10.6 Å². The molecule has 0 aromatic carbocycles. The van der Waals surface area contributed by atoms with Crippen molar-refractivity contribution in [2.45, 2.75) is 103 Å². The molecule has 2 fully saturated rings. The minimum Gasteiger partial charge on any atom is -0.466 e. The Bertz CT molecular complexity index is 1020. The Morgan fingerprint density at radius 2 is 0.817 bits per heavy atom. The lowest BCUT2D eigenvalue weighted by Crippen LogP contribution is -2.45. The summed E-state index contributed by atoms with van der Waals surface area (Å²) in [5.74, 6) is -0.903. The van der Waals surface area contributed by atoms with Gasteiger partial charge in [0, 0.05) is 85.1 Å². The molecule has 0 radical (unpaired) electrons. The van der Waals surface area contributed by atoms with Crippen LogP contribution in [-0.2, 0) is 38.1 Å². The number of nitrogens with one attached hydrogen (secondary N) is 2. The number of likely N-dealkylation sites (N-methyl/N-ethyl adjacent to an activating group) is 2. The number of ether oxygens (including phenoxy) is 4. The average Bonchev–Trinajstić information content (AvgIpc) is 3.24. The van der Waals surface area contributed by atoms with Gasteiger partial charge in [-0.2, -0.15) is 0 Å². The van der Waals surface area contributed by atoms with Crippen LogP contribution in [-0.4, -0.2) is 212 Å². The third kappa shape index (κ3) is 31.4. The Hall–Kier alpha value is -2.44. The highest BCUT2D eigenvalue weighted by Crippen LogP contribution is 2.07. The van der Waals surface area contributed by atoms with Gasteiger partial charge in [0.25, 0.3) is 0 Å². The molecule has 60 heavy (non-hydrogen) atoms. The van der Waals surface area contributed by atoms with E-state index in [-0.39, 0.29) is 43.3 Å². The lowest BCUT2D eigenvalue weighted by molar-refractivity contribution is -0.145. The molecule has 2 rings (SSSR count). The van der Waals surface area contributed by atoms with Gasteiger partial charge in [-0.3, -0.25) is 19.2 Å². The summed E-state index contributed by atoms with van der Waals surface area (Å²) in [6.07, 6.45) is 11.4. The summed E-state index contributed by atoms with van der Waals surface area (Å²) >= 11 is 0. The maximum atomic E-state index is 12.5. The summed E-state index contributed by atoms with van der Waals surface area (Å²) in [6.45, 7) is 17.6. The molecule has 0 unspecified atom stereocenters. The Morgan fingerprint density at radius 1 is 0.450 bits per heavy atom. The minimum atomic E-state index is -0.264. The van der Waals surface area contributed by atoms with Crippen LogP contribution in [0.4, 0.5) is 0 Å². The van der Waals surface area contributed by atoms with Crippen molar-refractivity contribution in [3.8, 4) is 0 Å². The fraction of sp³-hybridized carbons (Fsp3) is 0.909. The fourth-order valence-electron chi connectivity index (χ4n) is 7.06. The summed E-state index contributed by atoms with van der Waals surface area (Å²) < 4.78 is 21.6. The van der Waals surface area contributed by atoms with Crippen molar-refractivity contribution in [2.24, 2.45) is 0 Å². The van der Waals surface area contributed by atoms with E-state index in [1.807, 2.05) is 0 Å². The molecule has 0 aliphatic carbocycles. The zero-order valence-corrected chi connectivity index (χ0v) is 37.8. The number of aliphatic hydroxyl groups is 1. The van der Waals surface area contributed by atoms with E-state index in [1.165, 1.54) is 0 Å². The molecule has 0 aromatic heterocycles. The number of hydrogen-bond acceptors (Lipinski definition) is 16. The molecular formula is C44H85N7O9. The summed E-state index contributed by atoms with van der Waals surface area (Å²) in [7, 11) is 4.33. The standard InChI is InChI=1S/C44H85N7O9/c1-47-28-32-50(33-29-47)24-13-19-45-21-15-41(53)57-37-9-5-11-39-59-43(55)17-26-49(23-7-3-4-8-36-52)27-18-44(56)60-40-12-6-10-38-58-42(54)16-22-46-20-14-25-51-34-30-48(2)31-35-51/h45-46,52H,3-40H2,1-2H3. The van der Waals surface area contributed by atoms with Gasteiger partial charge in [-0.05, 0) is 111 Å². The van der Waals surface area contributed by atoms with E-state index in [0.29, 0.717) is 78.3 Å². The smallest absolute Gasteiger partial charge is 0.307 e. The number of nitrogens with zero attached hydrogens (tertiary/aromatic N) is 5. The average molecular weight is 856 g/mol. The monoisotopic (exact) mass is 856 g/mol. The second-order valence-corrected chi connectivity index (χ2v) is 16.5. The SMILES string of the molecule is CN1CCN(CCCNCCC(=O)OCCCCCOC(=O)CCN(CCCCCCO)CCC(=O)OCCCCCOC(=O)CCNCCCN2CCN(C)CC2)CC1. The maximum Gasteiger partial charge on any atom is 0.307 e. The molecule has 0 saturated carbocycles. The molecule has 0 aromatic rings. The van der Waals surface area contributed by atoms with Crippen LogP contribution in [0.1, 0.15) is 103 Å². The van der Waals surface area contributed by atoms with Gasteiger partial charge in [0.1, 0.15) is 0 Å². The summed E-state index contributed by atoms with van der Waals surface area (Å²) in [4.78, 5) is 60.8. The van der Waals surface area contributed by atoms with Gasteiger partial charge in [0.15, 0.2) is 0 Å². The van der Waals surface area contributed by atoms with Crippen LogP contribution in [0.5, 0.6) is 0 Å². The quantitative estimate of drug-likeness (QED) is 0.0471. The number of aliphatic hydroxyl groups excluding tert-OH is 1. The number of hydrogen-bond donors (Lipinski definition) is 3. The van der Waals surface area contributed by atoms with Crippen molar-refractivity contribution in [3.63, 3.8) is 0 Å². The highest BCUT2D eigenvalue weighted by molar-refractivity contribution is 5.70. The van der Waals surface area contributed by atoms with E-state index >= 15 is 0 Å². The van der Waals surface area contributed by atoms with Crippen molar-refractivity contribution in [1.29, 1.82) is 0 Å². The third-order valence-electron chi connectivity index (χ3n) is 11.1. The number of piperazine rings is 2. The largest absolute Gasteiger partial charge is 0.466 e. The number of esters is 4. The molecular weight excluding hydrogens is 771 g/mol. The van der Waals surface area contributed by atoms with Crippen molar-refractivity contribution in [2.75, 3.05) is 158 Å². The normalized spacial score (nSPS) is 15.7.